The van der Waals surface area contributed by atoms with Crippen molar-refractivity contribution in [2.75, 3.05) is 5.32 Å². The Morgan fingerprint density at radius 2 is 1.95 bits per heavy atom. The molecular weight excluding hydrogens is 288 g/mol. The van der Waals surface area contributed by atoms with Crippen LogP contribution in [0.15, 0.2) is 24.5 Å². The maximum atomic E-state index is 13.3. The van der Waals surface area contributed by atoms with Gasteiger partial charge in [0.05, 0.1) is 10.0 Å². The van der Waals surface area contributed by atoms with Gasteiger partial charge in [0.1, 0.15) is 0 Å². The third-order valence-corrected chi connectivity index (χ3v) is 3.07. The molecule has 0 aliphatic heterocycles. The summed E-state index contributed by atoms with van der Waals surface area (Å²) >= 11 is 11.5. The zero-order valence-corrected chi connectivity index (χ0v) is 12.1. The molecule has 0 unspecified atom stereocenters. The highest BCUT2D eigenvalue weighted by Gasteiger charge is 2.10. The Morgan fingerprint density at radius 3 is 2.53 bits per heavy atom. The smallest absolute Gasteiger partial charge is 0.207 e. The summed E-state index contributed by atoms with van der Waals surface area (Å²) in [4.78, 5) is 4.22. The van der Waals surface area contributed by atoms with E-state index in [0.29, 0.717) is 17.6 Å². The molecule has 0 aliphatic carbocycles. The lowest BCUT2D eigenvalue weighted by Crippen LogP contribution is -2.07. The summed E-state index contributed by atoms with van der Waals surface area (Å²) < 4.78 is 15.3. The summed E-state index contributed by atoms with van der Waals surface area (Å²) in [5, 5.41) is 3.05. The number of hydrogen-bond donors (Lipinski definition) is 1. The highest BCUT2D eigenvalue weighted by atomic mass is 35.5. The van der Waals surface area contributed by atoms with Gasteiger partial charge < -0.3 is 9.88 Å². The average Bonchev–Trinajstić information content (AvgIpc) is 2.72. The van der Waals surface area contributed by atoms with Crippen molar-refractivity contribution < 1.29 is 4.39 Å². The number of halogens is 3. The summed E-state index contributed by atoms with van der Waals surface area (Å²) in [7, 11) is 0. The lowest BCUT2D eigenvalue weighted by atomic mass is 10.2. The molecule has 1 heterocycles. The summed E-state index contributed by atoms with van der Waals surface area (Å²) in [6, 6.07) is 2.97. The van der Waals surface area contributed by atoms with Gasteiger partial charge in [-0.15, -0.1) is 0 Å². The summed E-state index contributed by atoms with van der Waals surface area (Å²) in [5.41, 5.74) is 0.604. The number of imidazole rings is 1. The third kappa shape index (κ3) is 3.39. The van der Waals surface area contributed by atoms with Gasteiger partial charge in [0.15, 0.2) is 5.82 Å². The van der Waals surface area contributed by atoms with Crippen LogP contribution in [0.5, 0.6) is 0 Å². The topological polar surface area (TPSA) is 29.9 Å². The van der Waals surface area contributed by atoms with Crippen molar-refractivity contribution in [1.29, 1.82) is 0 Å². The molecule has 0 radical (unpaired) electrons. The molecule has 0 bridgehead atoms. The Balaban J connectivity index is 2.24. The minimum absolute atomic E-state index is 0.0167. The molecule has 2 aromatic rings. The Labute approximate surface area is 121 Å². The highest BCUT2D eigenvalue weighted by Crippen LogP contribution is 2.28. The van der Waals surface area contributed by atoms with Gasteiger partial charge in [0.25, 0.3) is 0 Å². The van der Waals surface area contributed by atoms with Crippen LogP contribution in [0.1, 0.15) is 13.8 Å². The fraction of sp³-hybridized carbons (Fsp3) is 0.308. The molecule has 1 N–H and O–H groups in total. The van der Waals surface area contributed by atoms with E-state index in [1.165, 1.54) is 12.1 Å². The van der Waals surface area contributed by atoms with Gasteiger partial charge in [-0.05, 0) is 18.1 Å². The van der Waals surface area contributed by atoms with Crippen LogP contribution in [0.3, 0.4) is 0 Å². The number of aromatic nitrogens is 2. The molecule has 2 rings (SSSR count). The minimum Gasteiger partial charge on any atom is -0.326 e. The van der Waals surface area contributed by atoms with E-state index < -0.39 is 5.82 Å². The molecule has 0 fully saturated rings. The van der Waals surface area contributed by atoms with Gasteiger partial charge in [-0.3, -0.25) is 0 Å². The van der Waals surface area contributed by atoms with Crippen LogP contribution < -0.4 is 5.32 Å². The van der Waals surface area contributed by atoms with E-state index in [0.717, 1.165) is 6.54 Å². The van der Waals surface area contributed by atoms with Crippen LogP contribution in [0, 0.1) is 11.7 Å². The molecule has 1 aromatic carbocycles. The Bertz CT molecular complexity index is 558. The van der Waals surface area contributed by atoms with Gasteiger partial charge in [-0.2, -0.15) is 0 Å². The van der Waals surface area contributed by atoms with Crippen molar-refractivity contribution >= 4 is 34.8 Å². The maximum Gasteiger partial charge on any atom is 0.207 e. The first-order valence-corrected chi connectivity index (χ1v) is 6.65. The summed E-state index contributed by atoms with van der Waals surface area (Å²) in [5.74, 6) is 0.557. The van der Waals surface area contributed by atoms with Crippen LogP contribution in [0.25, 0.3) is 0 Å². The fourth-order valence-electron chi connectivity index (χ4n) is 1.73. The predicted molar refractivity (Wildman–Crippen MR) is 76.8 cm³/mol. The zero-order chi connectivity index (χ0) is 14.0. The first-order valence-electron chi connectivity index (χ1n) is 5.90. The van der Waals surface area contributed by atoms with Gasteiger partial charge in [-0.1, -0.05) is 37.0 Å². The second-order valence-electron chi connectivity index (χ2n) is 4.68. The SMILES string of the molecule is CC(C)Cn1ccnc1Nc1cc(Cl)c(F)c(Cl)c1. The molecule has 0 atom stereocenters. The van der Waals surface area contributed by atoms with Crippen molar-refractivity contribution in [3.8, 4) is 0 Å². The van der Waals surface area contributed by atoms with Gasteiger partial charge in [0.2, 0.25) is 5.95 Å². The number of nitrogens with one attached hydrogen (secondary N) is 1. The normalized spacial score (nSPS) is 11.1. The summed E-state index contributed by atoms with van der Waals surface area (Å²) in [6.07, 6.45) is 3.59. The molecule has 19 heavy (non-hydrogen) atoms. The van der Waals surface area contributed by atoms with Crippen molar-refractivity contribution in [3.63, 3.8) is 0 Å². The molecule has 0 saturated carbocycles. The lowest BCUT2D eigenvalue weighted by molar-refractivity contribution is 0.527. The number of hydrogen-bond acceptors (Lipinski definition) is 2. The molecule has 0 saturated heterocycles. The fourth-order valence-corrected chi connectivity index (χ4v) is 2.22. The molecular formula is C13H14Cl2FN3. The van der Waals surface area contributed by atoms with Crippen molar-refractivity contribution in [2.24, 2.45) is 5.92 Å². The maximum absolute atomic E-state index is 13.3. The Morgan fingerprint density at radius 1 is 1.32 bits per heavy atom. The second kappa shape index (κ2) is 5.80. The molecule has 0 aliphatic rings. The molecule has 102 valence electrons. The van der Waals surface area contributed by atoms with E-state index in [9.17, 15) is 4.39 Å². The Hall–Kier alpha value is -1.26. The van der Waals surface area contributed by atoms with Crippen LogP contribution in [-0.4, -0.2) is 9.55 Å². The van der Waals surface area contributed by atoms with E-state index in [4.69, 9.17) is 23.2 Å². The van der Waals surface area contributed by atoms with Crippen molar-refractivity contribution in [2.45, 2.75) is 20.4 Å². The molecule has 0 spiro atoms. The standard InChI is InChI=1S/C13H14Cl2FN3/c1-8(2)7-19-4-3-17-13(19)18-9-5-10(14)12(16)11(15)6-9/h3-6,8H,7H2,1-2H3,(H,17,18). The van der Waals surface area contributed by atoms with Crippen molar-refractivity contribution in [3.05, 3.63) is 40.4 Å². The zero-order valence-electron chi connectivity index (χ0n) is 10.6. The highest BCUT2D eigenvalue weighted by molar-refractivity contribution is 6.35. The largest absolute Gasteiger partial charge is 0.326 e. The summed E-state index contributed by atoms with van der Waals surface area (Å²) in [6.45, 7) is 5.08. The van der Waals surface area contributed by atoms with Crippen LogP contribution >= 0.6 is 23.2 Å². The number of anilines is 2. The second-order valence-corrected chi connectivity index (χ2v) is 5.49. The van der Waals surface area contributed by atoms with Crippen molar-refractivity contribution in [1.82, 2.24) is 9.55 Å². The average molecular weight is 302 g/mol. The van der Waals surface area contributed by atoms with E-state index >= 15 is 0 Å². The number of nitrogens with zero attached hydrogens (tertiary/aromatic N) is 2. The van der Waals surface area contributed by atoms with E-state index in [1.807, 2.05) is 10.8 Å². The van der Waals surface area contributed by atoms with E-state index in [-0.39, 0.29) is 10.0 Å². The Kier molecular flexibility index (Phi) is 4.32. The number of benzene rings is 1. The molecule has 0 amide bonds. The van der Waals surface area contributed by atoms with Crippen LogP contribution in [-0.2, 0) is 6.54 Å². The van der Waals surface area contributed by atoms with E-state index in [1.54, 1.807) is 6.20 Å². The predicted octanol–water partition coefficient (Wildman–Crippen LogP) is 4.73. The first kappa shape index (κ1) is 14.2. The third-order valence-electron chi connectivity index (χ3n) is 2.52. The molecule has 6 heteroatoms. The first-order chi connectivity index (χ1) is 8.97. The lowest BCUT2D eigenvalue weighted by Gasteiger charge is -2.12. The van der Waals surface area contributed by atoms with Crippen LogP contribution in [0.2, 0.25) is 10.0 Å². The van der Waals surface area contributed by atoms with Gasteiger partial charge in [0, 0.05) is 24.6 Å². The molecule has 1 aromatic heterocycles. The van der Waals surface area contributed by atoms with Gasteiger partial charge in [-0.25, -0.2) is 9.37 Å². The minimum atomic E-state index is -0.612. The van der Waals surface area contributed by atoms with E-state index in [2.05, 4.69) is 24.1 Å². The monoisotopic (exact) mass is 301 g/mol. The number of rotatable bonds is 4. The quantitative estimate of drug-likeness (QED) is 0.828. The molecule has 3 nitrogen and oxygen atoms in total. The van der Waals surface area contributed by atoms with Crippen LogP contribution in [0.4, 0.5) is 16.0 Å². The van der Waals surface area contributed by atoms with Gasteiger partial charge >= 0.3 is 0 Å².